The third kappa shape index (κ3) is 8.09. The summed E-state index contributed by atoms with van der Waals surface area (Å²) in [5.74, 6) is 0.658. The number of piperidine rings is 1. The first-order chi connectivity index (χ1) is 17.5. The molecular formula is C27H41ClN6O2S. The molecule has 1 aliphatic heterocycles. The van der Waals surface area contributed by atoms with Crippen LogP contribution in [0.25, 0.3) is 11.9 Å². The van der Waals surface area contributed by atoms with Gasteiger partial charge in [0.05, 0.1) is 23.5 Å². The zero-order valence-electron chi connectivity index (χ0n) is 22.4. The van der Waals surface area contributed by atoms with Crippen LogP contribution in [0.1, 0.15) is 56.3 Å². The summed E-state index contributed by atoms with van der Waals surface area (Å²) < 4.78 is 15.5. The zero-order chi connectivity index (χ0) is 27.2. The lowest BCUT2D eigenvalue weighted by molar-refractivity contribution is 0.165. The van der Waals surface area contributed by atoms with Crippen molar-refractivity contribution in [3.8, 4) is 0 Å². The van der Waals surface area contributed by atoms with Gasteiger partial charge in [-0.25, -0.2) is 9.67 Å². The number of aromatic nitrogens is 2. The van der Waals surface area contributed by atoms with E-state index in [0.29, 0.717) is 23.7 Å². The Morgan fingerprint density at radius 2 is 2.11 bits per heavy atom. The van der Waals surface area contributed by atoms with Gasteiger partial charge >= 0.3 is 0 Å². The van der Waals surface area contributed by atoms with E-state index in [2.05, 4.69) is 33.2 Å². The number of benzene rings is 1. The Kier molecular flexibility index (Phi) is 10.3. The zero-order valence-corrected chi connectivity index (χ0v) is 23.9. The van der Waals surface area contributed by atoms with E-state index in [0.717, 1.165) is 60.6 Å². The number of anilines is 1. The highest BCUT2D eigenvalue weighted by Gasteiger charge is 2.29. The summed E-state index contributed by atoms with van der Waals surface area (Å²) in [6.45, 7) is 11.8. The topological polar surface area (TPSA) is 97.9 Å². The van der Waals surface area contributed by atoms with Crippen LogP contribution >= 0.6 is 22.1 Å². The van der Waals surface area contributed by atoms with Crippen molar-refractivity contribution in [3.63, 3.8) is 0 Å². The summed E-state index contributed by atoms with van der Waals surface area (Å²) in [6, 6.07) is 7.58. The normalized spacial score (nSPS) is 18.0. The maximum Gasteiger partial charge on any atom is 0.154 e. The minimum Gasteiger partial charge on any atom is -0.393 e. The van der Waals surface area contributed by atoms with E-state index in [1.54, 1.807) is 17.2 Å². The second kappa shape index (κ2) is 13.0. The quantitative estimate of drug-likeness (QED) is 0.237. The van der Waals surface area contributed by atoms with Gasteiger partial charge in [0.1, 0.15) is 0 Å². The number of aliphatic imine (C=N–C) groups is 1. The van der Waals surface area contributed by atoms with Crippen molar-refractivity contribution in [2.24, 2.45) is 4.99 Å². The van der Waals surface area contributed by atoms with Crippen LogP contribution in [0.4, 0.5) is 11.5 Å². The molecule has 8 nitrogen and oxygen atoms in total. The highest BCUT2D eigenvalue weighted by Crippen LogP contribution is 2.42. The summed E-state index contributed by atoms with van der Waals surface area (Å²) in [5, 5.41) is 18.9. The molecule has 1 aromatic heterocycles. The number of hydrogen-bond donors (Lipinski definition) is 4. The van der Waals surface area contributed by atoms with Gasteiger partial charge in [0.15, 0.2) is 5.82 Å². The molecule has 2 heterocycles. The molecule has 1 aromatic carbocycles. The van der Waals surface area contributed by atoms with Crippen molar-refractivity contribution in [1.29, 1.82) is 0 Å². The molecule has 0 spiro atoms. The molecule has 10 heteroatoms. The Balaban J connectivity index is 1.90. The summed E-state index contributed by atoms with van der Waals surface area (Å²) >= 11 is 6.37. The largest absolute Gasteiger partial charge is 0.393 e. The van der Waals surface area contributed by atoms with Crippen molar-refractivity contribution in [1.82, 2.24) is 20.0 Å². The van der Waals surface area contributed by atoms with E-state index in [4.69, 9.17) is 16.7 Å². The van der Waals surface area contributed by atoms with Gasteiger partial charge in [-0.2, -0.15) is 5.10 Å². The molecule has 0 amide bonds. The van der Waals surface area contributed by atoms with Crippen molar-refractivity contribution in [3.05, 3.63) is 52.7 Å². The fourth-order valence-electron chi connectivity index (χ4n) is 4.66. The van der Waals surface area contributed by atoms with Crippen LogP contribution < -0.4 is 10.0 Å². The van der Waals surface area contributed by atoms with E-state index < -0.39 is 16.6 Å². The standard InChI is InChI=1S/C27H41ClN6O2S/c1-19(15-22(35)12-13-29-3)18-34-27(30-4)17-25(31-34)26-9-7-8-14-33(26)20(2)23-16-21(28)10-11-24(23)32-37(5,6)36/h10-11,16-18,22,26,29,32,35-36H,2,4,7-9,12-15H2,1,3,5-6H3/b19-18-. The van der Waals surface area contributed by atoms with E-state index in [-0.39, 0.29) is 6.04 Å². The summed E-state index contributed by atoms with van der Waals surface area (Å²) in [7, 11) is -0.110. The van der Waals surface area contributed by atoms with Gasteiger partial charge < -0.3 is 24.6 Å². The van der Waals surface area contributed by atoms with Crippen LogP contribution in [0.5, 0.6) is 0 Å². The Hall–Kier alpha value is -2.30. The average molecular weight is 549 g/mol. The van der Waals surface area contributed by atoms with Crippen molar-refractivity contribution >= 4 is 52.2 Å². The first kappa shape index (κ1) is 29.3. The lowest BCUT2D eigenvalue weighted by atomic mass is 9.97. The van der Waals surface area contributed by atoms with Gasteiger partial charge in [0.25, 0.3) is 0 Å². The van der Waals surface area contributed by atoms with Crippen LogP contribution in [-0.2, 0) is 0 Å². The third-order valence-corrected chi connectivity index (χ3v) is 7.32. The second-order valence-electron chi connectivity index (χ2n) is 9.97. The van der Waals surface area contributed by atoms with Crippen molar-refractivity contribution in [2.45, 2.75) is 51.2 Å². The number of likely N-dealkylation sites (tertiary alicyclic amines) is 1. The fourth-order valence-corrected chi connectivity index (χ4v) is 5.54. The van der Waals surface area contributed by atoms with Crippen molar-refractivity contribution in [2.75, 3.05) is 37.4 Å². The molecule has 204 valence electrons. The lowest BCUT2D eigenvalue weighted by Crippen LogP contribution is -2.32. The molecule has 1 saturated heterocycles. The minimum absolute atomic E-state index is 0.0132. The predicted molar refractivity (Wildman–Crippen MR) is 160 cm³/mol. The predicted octanol–water partition coefficient (Wildman–Crippen LogP) is 6.15. The first-order valence-corrected chi connectivity index (χ1v) is 15.4. The van der Waals surface area contributed by atoms with Gasteiger partial charge in [-0.05, 0) is 77.5 Å². The highest BCUT2D eigenvalue weighted by molar-refractivity contribution is 8.29. The third-order valence-electron chi connectivity index (χ3n) is 6.37. The van der Waals surface area contributed by atoms with Gasteiger partial charge in [-0.15, -0.1) is 0 Å². The molecule has 37 heavy (non-hydrogen) atoms. The van der Waals surface area contributed by atoms with E-state index in [9.17, 15) is 9.66 Å². The summed E-state index contributed by atoms with van der Waals surface area (Å²) in [6.07, 6.45) is 9.38. The molecule has 2 atom stereocenters. The molecule has 0 saturated carbocycles. The van der Waals surface area contributed by atoms with Gasteiger partial charge in [0, 0.05) is 47.6 Å². The van der Waals surface area contributed by atoms with E-state index in [1.165, 1.54) is 0 Å². The number of halogens is 1. The fraction of sp³-hybridized carbons (Fsp3) is 0.481. The SMILES string of the molecule is C=Nc1cc(C2CCCCN2C(=C)c2cc(Cl)ccc2NS(C)(C)O)nn1/C=C(/C)CC(O)CCNC. The molecule has 0 aliphatic carbocycles. The maximum atomic E-state index is 10.5. The highest BCUT2D eigenvalue weighted by atomic mass is 35.5. The Morgan fingerprint density at radius 3 is 2.78 bits per heavy atom. The lowest BCUT2D eigenvalue weighted by Gasteiger charge is -2.39. The number of aliphatic hydroxyl groups is 1. The average Bonchev–Trinajstić information content (AvgIpc) is 3.25. The minimum atomic E-state index is -1.99. The van der Waals surface area contributed by atoms with Gasteiger partial charge in [-0.3, -0.25) is 0 Å². The number of rotatable bonds is 12. The molecule has 0 bridgehead atoms. The van der Waals surface area contributed by atoms with E-state index >= 15 is 0 Å². The Labute approximate surface area is 227 Å². The number of nitrogens with one attached hydrogen (secondary N) is 2. The molecule has 3 rings (SSSR count). The number of aliphatic hydroxyl groups excluding tert-OH is 1. The molecule has 2 unspecified atom stereocenters. The van der Waals surface area contributed by atoms with Gasteiger partial charge in [-0.1, -0.05) is 34.2 Å². The maximum absolute atomic E-state index is 10.5. The van der Waals surface area contributed by atoms with Crippen LogP contribution in [-0.4, -0.2) is 69.8 Å². The first-order valence-electron chi connectivity index (χ1n) is 12.6. The van der Waals surface area contributed by atoms with Crippen LogP contribution in [0.15, 0.2) is 41.4 Å². The van der Waals surface area contributed by atoms with Crippen LogP contribution in [0, 0.1) is 0 Å². The number of hydrogen-bond acceptors (Lipinski definition) is 7. The monoisotopic (exact) mass is 548 g/mol. The summed E-state index contributed by atoms with van der Waals surface area (Å²) in [5.41, 5.74) is 4.40. The molecule has 2 aromatic rings. The molecule has 4 N–H and O–H groups in total. The second-order valence-corrected chi connectivity index (χ2v) is 13.2. The molecule has 0 radical (unpaired) electrons. The van der Waals surface area contributed by atoms with Gasteiger partial charge in [0.2, 0.25) is 0 Å². The molecule has 1 fully saturated rings. The van der Waals surface area contributed by atoms with Crippen LogP contribution in [0.3, 0.4) is 0 Å². The van der Waals surface area contributed by atoms with E-state index in [1.807, 2.05) is 44.4 Å². The molecular weight excluding hydrogens is 508 g/mol. The number of nitrogens with zero attached hydrogens (tertiary/aromatic N) is 4. The smallest absolute Gasteiger partial charge is 0.154 e. The Morgan fingerprint density at radius 1 is 1.35 bits per heavy atom. The molecule has 1 aliphatic rings. The Bertz CT molecular complexity index is 1130. The summed E-state index contributed by atoms with van der Waals surface area (Å²) in [4.78, 5) is 6.48. The van der Waals surface area contributed by atoms with Crippen molar-refractivity contribution < 1.29 is 9.66 Å². The van der Waals surface area contributed by atoms with Crippen LogP contribution in [0.2, 0.25) is 5.02 Å².